The average molecular weight is 302 g/mol. The summed E-state index contributed by atoms with van der Waals surface area (Å²) >= 11 is 3.41. The number of halogens is 1. The molecule has 4 nitrogen and oxygen atoms in total. The molecule has 0 bridgehead atoms. The summed E-state index contributed by atoms with van der Waals surface area (Å²) in [6.07, 6.45) is 4.15. The standard InChI is InChI=1S/C12H20BrN3O/c1-8(2)9-6-4-5-7-12(9,17)10-11(13)14-15-16(10)3/h8-9,17H,4-7H2,1-3H3. The van der Waals surface area contributed by atoms with Gasteiger partial charge in [-0.25, -0.2) is 4.68 Å². The van der Waals surface area contributed by atoms with E-state index < -0.39 is 5.60 Å². The Balaban J connectivity index is 2.45. The highest BCUT2D eigenvalue weighted by atomic mass is 79.9. The number of hydrogen-bond acceptors (Lipinski definition) is 3. The van der Waals surface area contributed by atoms with Crippen LogP contribution in [-0.2, 0) is 12.6 Å². The van der Waals surface area contributed by atoms with E-state index in [0.717, 1.165) is 25.0 Å². The van der Waals surface area contributed by atoms with Crippen molar-refractivity contribution in [2.24, 2.45) is 18.9 Å². The summed E-state index contributed by atoms with van der Waals surface area (Å²) in [5, 5.41) is 19.1. The Kier molecular flexibility index (Phi) is 3.59. The summed E-state index contributed by atoms with van der Waals surface area (Å²) in [7, 11) is 1.84. The van der Waals surface area contributed by atoms with Crippen molar-refractivity contribution in [3.63, 3.8) is 0 Å². The topological polar surface area (TPSA) is 50.9 Å². The molecule has 0 saturated heterocycles. The molecule has 2 rings (SSSR count). The van der Waals surface area contributed by atoms with E-state index in [1.54, 1.807) is 4.68 Å². The molecule has 1 aromatic heterocycles. The fourth-order valence-electron chi connectivity index (χ4n) is 3.15. The maximum Gasteiger partial charge on any atom is 0.154 e. The van der Waals surface area contributed by atoms with Crippen LogP contribution in [0.2, 0.25) is 0 Å². The predicted molar refractivity (Wildman–Crippen MR) is 69.4 cm³/mol. The van der Waals surface area contributed by atoms with Gasteiger partial charge in [-0.3, -0.25) is 0 Å². The van der Waals surface area contributed by atoms with Gasteiger partial charge in [-0.1, -0.05) is 31.9 Å². The van der Waals surface area contributed by atoms with Crippen LogP contribution in [0.5, 0.6) is 0 Å². The van der Waals surface area contributed by atoms with Crippen LogP contribution in [0.1, 0.15) is 45.2 Å². The van der Waals surface area contributed by atoms with Gasteiger partial charge in [0.25, 0.3) is 0 Å². The van der Waals surface area contributed by atoms with Gasteiger partial charge in [-0.05, 0) is 40.6 Å². The summed E-state index contributed by atoms with van der Waals surface area (Å²) in [6, 6.07) is 0. The van der Waals surface area contributed by atoms with Crippen LogP contribution >= 0.6 is 15.9 Å². The zero-order valence-corrected chi connectivity index (χ0v) is 12.2. The molecule has 96 valence electrons. The number of aryl methyl sites for hydroxylation is 1. The summed E-state index contributed by atoms with van der Waals surface area (Å²) in [5.74, 6) is 0.742. The Labute approximate surface area is 111 Å². The van der Waals surface area contributed by atoms with Crippen molar-refractivity contribution in [1.82, 2.24) is 15.0 Å². The van der Waals surface area contributed by atoms with Gasteiger partial charge in [0.1, 0.15) is 11.3 Å². The van der Waals surface area contributed by atoms with Gasteiger partial charge in [0.05, 0.1) is 0 Å². The van der Waals surface area contributed by atoms with Gasteiger partial charge in [-0.2, -0.15) is 0 Å². The van der Waals surface area contributed by atoms with E-state index in [0.29, 0.717) is 10.5 Å². The van der Waals surface area contributed by atoms with E-state index in [4.69, 9.17) is 0 Å². The van der Waals surface area contributed by atoms with Crippen molar-refractivity contribution >= 4 is 15.9 Å². The highest BCUT2D eigenvalue weighted by molar-refractivity contribution is 9.10. The molecule has 2 atom stereocenters. The molecule has 1 aliphatic rings. The molecule has 1 aliphatic carbocycles. The van der Waals surface area contributed by atoms with Crippen LogP contribution in [0.25, 0.3) is 0 Å². The molecular formula is C12H20BrN3O. The fourth-order valence-corrected chi connectivity index (χ4v) is 3.82. The normalized spacial score (nSPS) is 29.9. The second kappa shape index (κ2) is 4.69. The number of hydrogen-bond donors (Lipinski definition) is 1. The minimum Gasteiger partial charge on any atom is -0.383 e. The first kappa shape index (κ1) is 13.0. The number of rotatable bonds is 2. The van der Waals surface area contributed by atoms with Crippen molar-refractivity contribution in [3.05, 3.63) is 10.3 Å². The lowest BCUT2D eigenvalue weighted by Crippen LogP contribution is -2.42. The monoisotopic (exact) mass is 301 g/mol. The third-order valence-corrected chi connectivity index (χ3v) is 4.47. The van der Waals surface area contributed by atoms with E-state index in [-0.39, 0.29) is 5.92 Å². The molecule has 0 aliphatic heterocycles. The third-order valence-electron chi connectivity index (χ3n) is 3.94. The lowest BCUT2D eigenvalue weighted by molar-refractivity contribution is -0.0785. The van der Waals surface area contributed by atoms with Crippen LogP contribution in [0, 0.1) is 11.8 Å². The fraction of sp³-hybridized carbons (Fsp3) is 0.833. The van der Waals surface area contributed by atoms with Crippen LogP contribution in [-0.4, -0.2) is 20.1 Å². The van der Waals surface area contributed by atoms with Gasteiger partial charge in [0, 0.05) is 7.05 Å². The van der Waals surface area contributed by atoms with Crippen molar-refractivity contribution in [1.29, 1.82) is 0 Å². The van der Waals surface area contributed by atoms with E-state index in [1.807, 2.05) is 7.05 Å². The SMILES string of the molecule is CC(C)C1CCCCC1(O)c1c(Br)nnn1C. The van der Waals surface area contributed by atoms with Crippen LogP contribution in [0.4, 0.5) is 0 Å². The molecule has 1 aromatic rings. The van der Waals surface area contributed by atoms with Crippen molar-refractivity contribution in [2.75, 3.05) is 0 Å². The number of aromatic nitrogens is 3. The molecule has 0 spiro atoms. The molecule has 1 fully saturated rings. The van der Waals surface area contributed by atoms with Crippen molar-refractivity contribution in [2.45, 2.75) is 45.1 Å². The minimum absolute atomic E-state index is 0.282. The summed E-state index contributed by atoms with van der Waals surface area (Å²) in [4.78, 5) is 0. The number of nitrogens with zero attached hydrogens (tertiary/aromatic N) is 3. The number of aliphatic hydroxyl groups is 1. The zero-order chi connectivity index (χ0) is 12.6. The molecule has 1 saturated carbocycles. The first-order chi connectivity index (χ1) is 7.97. The van der Waals surface area contributed by atoms with Gasteiger partial charge in [0.2, 0.25) is 0 Å². The minimum atomic E-state index is -0.788. The lowest BCUT2D eigenvalue weighted by Gasteiger charge is -2.42. The first-order valence-electron chi connectivity index (χ1n) is 6.25. The zero-order valence-electron chi connectivity index (χ0n) is 10.6. The van der Waals surface area contributed by atoms with Crippen LogP contribution in [0.3, 0.4) is 0 Å². The van der Waals surface area contributed by atoms with Gasteiger partial charge < -0.3 is 5.11 Å². The van der Waals surface area contributed by atoms with Crippen LogP contribution in [0.15, 0.2) is 4.60 Å². The second-order valence-corrected chi connectivity index (χ2v) is 6.12. The first-order valence-corrected chi connectivity index (χ1v) is 7.04. The molecule has 5 heteroatoms. The lowest BCUT2D eigenvalue weighted by atomic mass is 9.69. The average Bonchev–Trinajstić information content (AvgIpc) is 2.59. The van der Waals surface area contributed by atoms with E-state index in [2.05, 4.69) is 40.1 Å². The van der Waals surface area contributed by atoms with Crippen LogP contribution < -0.4 is 0 Å². The molecule has 17 heavy (non-hydrogen) atoms. The van der Waals surface area contributed by atoms with Gasteiger partial charge in [0.15, 0.2) is 4.60 Å². The summed E-state index contributed by atoms with van der Waals surface area (Å²) in [5.41, 5.74) is 0.0413. The molecule has 0 radical (unpaired) electrons. The van der Waals surface area contributed by atoms with E-state index >= 15 is 0 Å². The van der Waals surface area contributed by atoms with Gasteiger partial charge >= 0.3 is 0 Å². The predicted octanol–water partition coefficient (Wildman–Crippen LogP) is 2.61. The molecule has 1 N–H and O–H groups in total. The quantitative estimate of drug-likeness (QED) is 0.913. The molecule has 0 amide bonds. The Morgan fingerprint density at radius 3 is 2.71 bits per heavy atom. The smallest absolute Gasteiger partial charge is 0.154 e. The van der Waals surface area contributed by atoms with Crippen molar-refractivity contribution in [3.8, 4) is 0 Å². The maximum absolute atomic E-state index is 11.1. The van der Waals surface area contributed by atoms with Gasteiger partial charge in [-0.15, -0.1) is 5.10 Å². The largest absolute Gasteiger partial charge is 0.383 e. The molecule has 0 aromatic carbocycles. The molecule has 2 unspecified atom stereocenters. The second-order valence-electron chi connectivity index (χ2n) is 5.37. The molecular weight excluding hydrogens is 282 g/mol. The Morgan fingerprint density at radius 2 is 2.18 bits per heavy atom. The molecule has 1 heterocycles. The third kappa shape index (κ3) is 2.15. The van der Waals surface area contributed by atoms with E-state index in [1.165, 1.54) is 6.42 Å². The maximum atomic E-state index is 11.1. The highest BCUT2D eigenvalue weighted by Gasteiger charge is 2.45. The van der Waals surface area contributed by atoms with Crippen molar-refractivity contribution < 1.29 is 5.11 Å². The Hall–Kier alpha value is -0.420. The Bertz CT molecular complexity index is 385. The highest BCUT2D eigenvalue weighted by Crippen LogP contribution is 2.46. The summed E-state index contributed by atoms with van der Waals surface area (Å²) < 4.78 is 2.38. The van der Waals surface area contributed by atoms with E-state index in [9.17, 15) is 5.11 Å². The summed E-state index contributed by atoms with van der Waals surface area (Å²) in [6.45, 7) is 4.36. The Morgan fingerprint density at radius 1 is 1.47 bits per heavy atom.